The largest absolute Gasteiger partial charge is 0.490 e. The highest BCUT2D eigenvalue weighted by Crippen LogP contribution is 2.26. The average molecular weight is 454 g/mol. The van der Waals surface area contributed by atoms with Crippen LogP contribution in [-0.4, -0.2) is 48.9 Å². The van der Waals surface area contributed by atoms with Gasteiger partial charge in [0.05, 0.1) is 6.61 Å². The first-order valence-electron chi connectivity index (χ1n) is 11.3. The maximum Gasteiger partial charge on any atom is 0.276 e. The Labute approximate surface area is 194 Å². The highest BCUT2D eigenvalue weighted by atomic mass is 16.5. The molecule has 176 valence electrons. The molecule has 0 radical (unpaired) electrons. The van der Waals surface area contributed by atoms with Crippen LogP contribution in [0.2, 0.25) is 0 Å². The van der Waals surface area contributed by atoms with Crippen molar-refractivity contribution in [1.82, 2.24) is 15.8 Å². The highest BCUT2D eigenvalue weighted by molar-refractivity contribution is 5.84. The second-order valence-corrected chi connectivity index (χ2v) is 7.85. The van der Waals surface area contributed by atoms with E-state index in [4.69, 9.17) is 9.47 Å². The fourth-order valence-electron chi connectivity index (χ4n) is 3.70. The van der Waals surface area contributed by atoms with Crippen LogP contribution in [0.3, 0.4) is 0 Å². The zero-order valence-electron chi connectivity index (χ0n) is 18.9. The van der Waals surface area contributed by atoms with Gasteiger partial charge in [0.1, 0.15) is 0 Å². The van der Waals surface area contributed by atoms with Gasteiger partial charge in [0.15, 0.2) is 18.1 Å². The number of nitrogens with zero attached hydrogens (tertiary/aromatic N) is 1. The lowest BCUT2D eigenvalue weighted by Gasteiger charge is -2.31. The third-order valence-corrected chi connectivity index (χ3v) is 5.52. The molecule has 0 saturated carbocycles. The van der Waals surface area contributed by atoms with Crippen molar-refractivity contribution in [2.45, 2.75) is 32.6 Å². The molecule has 8 nitrogen and oxygen atoms in total. The Morgan fingerprint density at radius 2 is 1.55 bits per heavy atom. The predicted octanol–water partition coefficient (Wildman–Crippen LogP) is 2.48. The smallest absolute Gasteiger partial charge is 0.276 e. The Hall–Kier alpha value is -3.55. The summed E-state index contributed by atoms with van der Waals surface area (Å²) in [7, 11) is 0. The van der Waals surface area contributed by atoms with Gasteiger partial charge in [-0.3, -0.25) is 25.2 Å². The van der Waals surface area contributed by atoms with E-state index >= 15 is 0 Å². The minimum atomic E-state index is -0.469. The van der Waals surface area contributed by atoms with Gasteiger partial charge in [0.25, 0.3) is 5.91 Å². The number of nitrogens with one attached hydrogen (secondary N) is 2. The fraction of sp³-hybridized carbons (Fsp3) is 0.400. The van der Waals surface area contributed by atoms with Crippen LogP contribution < -0.4 is 20.3 Å². The molecule has 1 saturated heterocycles. The maximum absolute atomic E-state index is 12.5. The summed E-state index contributed by atoms with van der Waals surface area (Å²) in [6.45, 7) is 3.18. The van der Waals surface area contributed by atoms with Gasteiger partial charge in [0, 0.05) is 25.4 Å². The SMILES string of the molecule is CCOc1ccccc1OCC(=O)NNC(=O)C1CCN(C(=O)CCc2ccccc2)CC1. The van der Waals surface area contributed by atoms with Crippen molar-refractivity contribution in [3.8, 4) is 11.5 Å². The number of likely N-dealkylation sites (tertiary alicyclic amines) is 1. The number of hydrogen-bond acceptors (Lipinski definition) is 5. The first-order valence-corrected chi connectivity index (χ1v) is 11.3. The highest BCUT2D eigenvalue weighted by Gasteiger charge is 2.27. The molecule has 2 aromatic carbocycles. The van der Waals surface area contributed by atoms with Crippen LogP contribution in [0, 0.1) is 5.92 Å². The second-order valence-electron chi connectivity index (χ2n) is 7.85. The molecule has 0 unspecified atom stereocenters. The third-order valence-electron chi connectivity index (χ3n) is 5.52. The number of carbonyl (C=O) groups is 3. The molecule has 2 N–H and O–H groups in total. The van der Waals surface area contributed by atoms with Gasteiger partial charge in [-0.05, 0) is 43.9 Å². The minimum absolute atomic E-state index is 0.107. The topological polar surface area (TPSA) is 97.0 Å². The Bertz CT molecular complexity index is 927. The molecular weight excluding hydrogens is 422 g/mol. The monoisotopic (exact) mass is 453 g/mol. The van der Waals surface area contributed by atoms with E-state index in [-0.39, 0.29) is 24.3 Å². The summed E-state index contributed by atoms with van der Waals surface area (Å²) < 4.78 is 10.9. The number of piperidine rings is 1. The molecule has 0 spiro atoms. The number of ether oxygens (including phenoxy) is 2. The van der Waals surface area contributed by atoms with Crippen molar-refractivity contribution in [3.05, 3.63) is 60.2 Å². The fourth-order valence-corrected chi connectivity index (χ4v) is 3.70. The van der Waals surface area contributed by atoms with Crippen LogP contribution in [-0.2, 0) is 20.8 Å². The van der Waals surface area contributed by atoms with Gasteiger partial charge in [-0.25, -0.2) is 0 Å². The van der Waals surface area contributed by atoms with Crippen LogP contribution in [0.25, 0.3) is 0 Å². The van der Waals surface area contributed by atoms with Crippen molar-refractivity contribution in [3.63, 3.8) is 0 Å². The summed E-state index contributed by atoms with van der Waals surface area (Å²) in [5, 5.41) is 0. The Morgan fingerprint density at radius 3 is 2.21 bits per heavy atom. The first kappa shape index (κ1) is 24.1. The Morgan fingerprint density at radius 1 is 0.909 bits per heavy atom. The van der Waals surface area contributed by atoms with Crippen LogP contribution in [0.1, 0.15) is 31.7 Å². The number of para-hydroxylation sites is 2. The summed E-state index contributed by atoms with van der Waals surface area (Å²) >= 11 is 0. The molecular formula is C25H31N3O5. The van der Waals surface area contributed by atoms with Gasteiger partial charge in [-0.15, -0.1) is 0 Å². The van der Waals surface area contributed by atoms with Crippen molar-refractivity contribution in [1.29, 1.82) is 0 Å². The quantitative estimate of drug-likeness (QED) is 0.569. The second kappa shape index (κ2) is 12.5. The van der Waals surface area contributed by atoms with Crippen LogP contribution in [0.5, 0.6) is 11.5 Å². The summed E-state index contributed by atoms with van der Waals surface area (Å²) in [6, 6.07) is 17.0. The number of benzene rings is 2. The molecule has 3 amide bonds. The summed E-state index contributed by atoms with van der Waals surface area (Å²) in [5.74, 6) is 0.156. The van der Waals surface area contributed by atoms with E-state index in [1.54, 1.807) is 18.2 Å². The molecule has 1 aliphatic heterocycles. The Kier molecular flexibility index (Phi) is 9.11. The molecule has 1 fully saturated rings. The molecule has 33 heavy (non-hydrogen) atoms. The number of amides is 3. The van der Waals surface area contributed by atoms with Crippen molar-refractivity contribution < 1.29 is 23.9 Å². The zero-order chi connectivity index (χ0) is 23.5. The lowest BCUT2D eigenvalue weighted by atomic mass is 9.95. The van der Waals surface area contributed by atoms with E-state index in [1.807, 2.05) is 48.2 Å². The first-order chi connectivity index (χ1) is 16.1. The van der Waals surface area contributed by atoms with E-state index in [9.17, 15) is 14.4 Å². The van der Waals surface area contributed by atoms with Crippen LogP contribution >= 0.6 is 0 Å². The number of aryl methyl sites for hydroxylation is 1. The molecule has 3 rings (SSSR count). The number of hydrogen-bond donors (Lipinski definition) is 2. The molecule has 0 bridgehead atoms. The standard InChI is InChI=1S/C25H31N3O5/c1-2-32-21-10-6-7-11-22(21)33-18-23(29)26-27-25(31)20-14-16-28(17-15-20)24(30)13-12-19-8-4-3-5-9-19/h3-11,20H,2,12-18H2,1H3,(H,26,29)(H,27,31). The third kappa shape index (κ3) is 7.52. The van der Waals surface area contributed by atoms with Crippen molar-refractivity contribution in [2.75, 3.05) is 26.3 Å². The zero-order valence-corrected chi connectivity index (χ0v) is 18.9. The molecule has 8 heteroatoms. The minimum Gasteiger partial charge on any atom is -0.490 e. The summed E-state index contributed by atoms with van der Waals surface area (Å²) in [6.07, 6.45) is 2.31. The van der Waals surface area contributed by atoms with Crippen LogP contribution in [0.15, 0.2) is 54.6 Å². The van der Waals surface area contributed by atoms with Crippen molar-refractivity contribution >= 4 is 17.7 Å². The predicted molar refractivity (Wildman–Crippen MR) is 123 cm³/mol. The molecule has 1 heterocycles. The number of carbonyl (C=O) groups excluding carboxylic acids is 3. The van der Waals surface area contributed by atoms with Gasteiger partial charge in [0.2, 0.25) is 11.8 Å². The van der Waals surface area contributed by atoms with Gasteiger partial charge in [-0.1, -0.05) is 42.5 Å². The molecule has 1 aliphatic rings. The molecule has 2 aromatic rings. The molecule has 0 aromatic heterocycles. The van der Waals surface area contributed by atoms with E-state index < -0.39 is 5.91 Å². The molecule has 0 aliphatic carbocycles. The van der Waals surface area contributed by atoms with Crippen LogP contribution in [0.4, 0.5) is 0 Å². The maximum atomic E-state index is 12.5. The van der Waals surface area contributed by atoms with E-state index in [0.717, 1.165) is 5.56 Å². The lowest BCUT2D eigenvalue weighted by molar-refractivity contribution is -0.136. The lowest BCUT2D eigenvalue weighted by Crippen LogP contribution is -2.49. The van der Waals surface area contributed by atoms with Gasteiger partial charge < -0.3 is 14.4 Å². The van der Waals surface area contributed by atoms with Gasteiger partial charge >= 0.3 is 0 Å². The summed E-state index contributed by atoms with van der Waals surface area (Å²) in [5.41, 5.74) is 5.99. The normalized spacial score (nSPS) is 13.8. The number of hydrazine groups is 1. The summed E-state index contributed by atoms with van der Waals surface area (Å²) in [4.78, 5) is 38.7. The van der Waals surface area contributed by atoms with E-state index in [0.29, 0.717) is 56.9 Å². The van der Waals surface area contributed by atoms with Gasteiger partial charge in [-0.2, -0.15) is 0 Å². The average Bonchev–Trinajstić information content (AvgIpc) is 2.86. The Balaban J connectivity index is 1.34. The number of rotatable bonds is 9. The van der Waals surface area contributed by atoms with Crippen molar-refractivity contribution in [2.24, 2.45) is 5.92 Å². The van der Waals surface area contributed by atoms with E-state index in [1.165, 1.54) is 0 Å². The van der Waals surface area contributed by atoms with E-state index in [2.05, 4.69) is 10.9 Å². The molecule has 0 atom stereocenters.